The minimum atomic E-state index is -1.21. The summed E-state index contributed by atoms with van der Waals surface area (Å²) in [5.41, 5.74) is 0.371. The first-order valence-electron chi connectivity index (χ1n) is 4.58. The molecule has 2 N–H and O–H groups in total. The second kappa shape index (κ2) is 5.25. The monoisotopic (exact) mass is 227 g/mol. The van der Waals surface area contributed by atoms with E-state index in [1.807, 2.05) is 0 Å². The van der Waals surface area contributed by atoms with Crippen LogP contribution in [0.3, 0.4) is 0 Å². The van der Waals surface area contributed by atoms with E-state index in [9.17, 15) is 13.6 Å². The standard InChI is InChI=1S/C11H11F2NO2/c1-2-10(14-11(15)16)5-7-3-8(12)6-9(13)4-7/h2-4,6,10,14H,1,5H2,(H,15,16). The van der Waals surface area contributed by atoms with Crippen molar-refractivity contribution in [2.75, 3.05) is 0 Å². The smallest absolute Gasteiger partial charge is 0.405 e. The fourth-order valence-corrected chi connectivity index (χ4v) is 1.33. The van der Waals surface area contributed by atoms with Gasteiger partial charge in [0.1, 0.15) is 11.6 Å². The molecule has 0 aliphatic heterocycles. The quantitative estimate of drug-likeness (QED) is 0.775. The number of hydrogen-bond acceptors (Lipinski definition) is 1. The molecular weight excluding hydrogens is 216 g/mol. The summed E-state index contributed by atoms with van der Waals surface area (Å²) in [6, 6.07) is 2.50. The first-order chi connectivity index (χ1) is 7.51. The highest BCUT2D eigenvalue weighted by Gasteiger charge is 2.09. The molecule has 1 amide bonds. The van der Waals surface area contributed by atoms with E-state index in [-0.39, 0.29) is 6.42 Å². The first kappa shape index (κ1) is 12.2. The van der Waals surface area contributed by atoms with Gasteiger partial charge in [0.15, 0.2) is 0 Å². The Kier molecular flexibility index (Phi) is 3.99. The summed E-state index contributed by atoms with van der Waals surface area (Å²) in [7, 11) is 0. The number of amides is 1. The van der Waals surface area contributed by atoms with Crippen molar-refractivity contribution in [3.8, 4) is 0 Å². The van der Waals surface area contributed by atoms with Gasteiger partial charge in [-0.2, -0.15) is 0 Å². The van der Waals surface area contributed by atoms with Crippen molar-refractivity contribution >= 4 is 6.09 Å². The molecule has 0 heterocycles. The summed E-state index contributed by atoms with van der Waals surface area (Å²) in [6.07, 6.45) is 0.322. The molecule has 3 nitrogen and oxygen atoms in total. The Morgan fingerprint density at radius 2 is 2.00 bits per heavy atom. The molecule has 0 aliphatic carbocycles. The second-order valence-corrected chi connectivity index (χ2v) is 3.27. The van der Waals surface area contributed by atoms with Gasteiger partial charge in [-0.05, 0) is 24.1 Å². The molecule has 0 aliphatic rings. The van der Waals surface area contributed by atoms with Crippen LogP contribution in [-0.2, 0) is 6.42 Å². The van der Waals surface area contributed by atoms with Gasteiger partial charge in [-0.1, -0.05) is 6.08 Å². The summed E-state index contributed by atoms with van der Waals surface area (Å²) >= 11 is 0. The fourth-order valence-electron chi connectivity index (χ4n) is 1.33. The molecule has 86 valence electrons. The predicted molar refractivity (Wildman–Crippen MR) is 55.2 cm³/mol. The molecule has 0 saturated heterocycles. The Labute approximate surface area is 91.4 Å². The van der Waals surface area contributed by atoms with Crippen LogP contribution in [0.5, 0.6) is 0 Å². The topological polar surface area (TPSA) is 49.3 Å². The van der Waals surface area contributed by atoms with Gasteiger partial charge in [0.2, 0.25) is 0 Å². The predicted octanol–water partition coefficient (Wildman–Crippen LogP) is 2.33. The van der Waals surface area contributed by atoms with Crippen molar-refractivity contribution in [1.82, 2.24) is 5.32 Å². The zero-order valence-electron chi connectivity index (χ0n) is 8.41. The molecule has 0 bridgehead atoms. The highest BCUT2D eigenvalue weighted by atomic mass is 19.1. The van der Waals surface area contributed by atoms with Crippen LogP contribution in [0, 0.1) is 11.6 Å². The number of benzene rings is 1. The van der Waals surface area contributed by atoms with E-state index in [1.54, 1.807) is 0 Å². The molecule has 0 spiro atoms. The van der Waals surface area contributed by atoms with E-state index in [0.717, 1.165) is 18.2 Å². The summed E-state index contributed by atoms with van der Waals surface area (Å²) < 4.78 is 25.7. The van der Waals surface area contributed by atoms with Crippen molar-refractivity contribution in [2.24, 2.45) is 0 Å². The Hall–Kier alpha value is -1.91. The van der Waals surface area contributed by atoms with E-state index >= 15 is 0 Å². The Balaban J connectivity index is 2.77. The van der Waals surface area contributed by atoms with Gasteiger partial charge in [-0.25, -0.2) is 13.6 Å². The maximum absolute atomic E-state index is 12.8. The average Bonchev–Trinajstić information content (AvgIpc) is 2.14. The van der Waals surface area contributed by atoms with E-state index in [1.165, 1.54) is 6.08 Å². The lowest BCUT2D eigenvalue weighted by Gasteiger charge is -2.12. The molecule has 1 aromatic carbocycles. The van der Waals surface area contributed by atoms with Gasteiger partial charge in [0.25, 0.3) is 0 Å². The normalized spacial score (nSPS) is 11.9. The number of hydrogen-bond donors (Lipinski definition) is 2. The lowest BCUT2D eigenvalue weighted by molar-refractivity contribution is 0.192. The minimum absolute atomic E-state index is 0.157. The highest BCUT2D eigenvalue weighted by Crippen LogP contribution is 2.10. The maximum atomic E-state index is 12.8. The Morgan fingerprint density at radius 1 is 1.44 bits per heavy atom. The van der Waals surface area contributed by atoms with E-state index in [4.69, 9.17) is 5.11 Å². The summed E-state index contributed by atoms with van der Waals surface area (Å²) in [6.45, 7) is 3.44. The lowest BCUT2D eigenvalue weighted by atomic mass is 10.1. The van der Waals surface area contributed by atoms with Crippen LogP contribution in [0.15, 0.2) is 30.9 Å². The van der Waals surface area contributed by atoms with Crippen molar-refractivity contribution in [3.05, 3.63) is 48.1 Å². The van der Waals surface area contributed by atoms with Crippen LogP contribution < -0.4 is 5.32 Å². The summed E-state index contributed by atoms with van der Waals surface area (Å²) in [5.74, 6) is -1.37. The maximum Gasteiger partial charge on any atom is 0.405 e. The van der Waals surface area contributed by atoms with Gasteiger partial charge in [-0.15, -0.1) is 6.58 Å². The number of carbonyl (C=O) groups is 1. The third-order valence-corrected chi connectivity index (χ3v) is 1.97. The number of rotatable bonds is 4. The van der Waals surface area contributed by atoms with Gasteiger partial charge < -0.3 is 10.4 Å². The van der Waals surface area contributed by atoms with Crippen LogP contribution in [0.25, 0.3) is 0 Å². The Bertz CT molecular complexity index is 387. The van der Waals surface area contributed by atoms with Crippen molar-refractivity contribution < 1.29 is 18.7 Å². The second-order valence-electron chi connectivity index (χ2n) is 3.27. The number of carboxylic acid groups (broad SMARTS) is 1. The van der Waals surface area contributed by atoms with Gasteiger partial charge in [0.05, 0.1) is 6.04 Å². The van der Waals surface area contributed by atoms with E-state index < -0.39 is 23.8 Å². The molecule has 0 radical (unpaired) electrons. The van der Waals surface area contributed by atoms with Crippen LogP contribution in [0.4, 0.5) is 13.6 Å². The number of nitrogens with one attached hydrogen (secondary N) is 1. The number of halogens is 2. The SMILES string of the molecule is C=CC(Cc1cc(F)cc(F)c1)NC(=O)O. The molecule has 1 atom stereocenters. The van der Waals surface area contributed by atoms with Crippen LogP contribution in [0.1, 0.15) is 5.56 Å². The van der Waals surface area contributed by atoms with Crippen LogP contribution in [0.2, 0.25) is 0 Å². The molecule has 1 rings (SSSR count). The molecule has 0 saturated carbocycles. The van der Waals surface area contributed by atoms with Crippen LogP contribution >= 0.6 is 0 Å². The largest absolute Gasteiger partial charge is 0.465 e. The summed E-state index contributed by atoms with van der Waals surface area (Å²) in [4.78, 5) is 10.4. The van der Waals surface area contributed by atoms with Crippen LogP contribution in [-0.4, -0.2) is 17.2 Å². The zero-order chi connectivity index (χ0) is 12.1. The average molecular weight is 227 g/mol. The van der Waals surface area contributed by atoms with Gasteiger partial charge in [-0.3, -0.25) is 0 Å². The van der Waals surface area contributed by atoms with Crippen molar-refractivity contribution in [3.63, 3.8) is 0 Å². The van der Waals surface area contributed by atoms with E-state index in [2.05, 4.69) is 11.9 Å². The molecule has 1 aromatic rings. The molecule has 0 fully saturated rings. The highest BCUT2D eigenvalue weighted by molar-refractivity contribution is 5.65. The third-order valence-electron chi connectivity index (χ3n) is 1.97. The zero-order valence-corrected chi connectivity index (χ0v) is 8.41. The molecule has 5 heteroatoms. The fraction of sp³-hybridized carbons (Fsp3) is 0.182. The van der Waals surface area contributed by atoms with Gasteiger partial charge >= 0.3 is 6.09 Å². The van der Waals surface area contributed by atoms with E-state index in [0.29, 0.717) is 5.56 Å². The molecule has 1 unspecified atom stereocenters. The third kappa shape index (κ3) is 3.68. The molecule has 16 heavy (non-hydrogen) atoms. The van der Waals surface area contributed by atoms with Crippen molar-refractivity contribution in [2.45, 2.75) is 12.5 Å². The molecular formula is C11H11F2NO2. The van der Waals surface area contributed by atoms with Crippen molar-refractivity contribution in [1.29, 1.82) is 0 Å². The molecule has 0 aromatic heterocycles. The Morgan fingerprint density at radius 3 is 2.44 bits per heavy atom. The van der Waals surface area contributed by atoms with Gasteiger partial charge in [0, 0.05) is 6.07 Å². The lowest BCUT2D eigenvalue weighted by Crippen LogP contribution is -2.33. The minimum Gasteiger partial charge on any atom is -0.465 e. The summed E-state index contributed by atoms with van der Waals surface area (Å²) in [5, 5.41) is 10.7. The first-order valence-corrected chi connectivity index (χ1v) is 4.58.